The predicted octanol–water partition coefficient (Wildman–Crippen LogP) is 1.61. The van der Waals surface area contributed by atoms with Gasteiger partial charge in [0.15, 0.2) is 0 Å². The van der Waals surface area contributed by atoms with Crippen LogP contribution in [0.5, 0.6) is 0 Å². The van der Waals surface area contributed by atoms with Crippen molar-refractivity contribution in [1.82, 2.24) is 4.72 Å². The number of halogens is 1. The summed E-state index contributed by atoms with van der Waals surface area (Å²) in [4.78, 5) is 15.8. The van der Waals surface area contributed by atoms with E-state index >= 15 is 0 Å². The normalized spacial score (nSPS) is 16.5. The molecule has 0 radical (unpaired) electrons. The van der Waals surface area contributed by atoms with Crippen molar-refractivity contribution in [3.05, 3.63) is 65.5 Å². The molecule has 1 aliphatic heterocycles. The minimum Gasteiger partial charge on any atom is -0.459 e. The molecule has 0 aromatic heterocycles. The quantitative estimate of drug-likeness (QED) is 0.851. The predicted molar refractivity (Wildman–Crippen MR) is 84.4 cm³/mol. The standard InChI is InChI=1S/C16H13FN2O4S/c17-13-7-3-1-5-11(13)10-23-15(20)9-18-16-12-6-2-4-8-14(12)24(21,22)19-16/h1-8H,9-10H2,(H,18,19). The molecule has 0 aliphatic carbocycles. The smallest absolute Gasteiger partial charge is 0.328 e. The largest absolute Gasteiger partial charge is 0.459 e. The van der Waals surface area contributed by atoms with Crippen LogP contribution in [0.1, 0.15) is 11.1 Å². The molecule has 0 unspecified atom stereocenters. The lowest BCUT2D eigenvalue weighted by Crippen LogP contribution is -2.23. The Morgan fingerprint density at radius 2 is 1.83 bits per heavy atom. The summed E-state index contributed by atoms with van der Waals surface area (Å²) in [6.45, 7) is -0.584. The van der Waals surface area contributed by atoms with Gasteiger partial charge in [-0.1, -0.05) is 30.3 Å². The highest BCUT2D eigenvalue weighted by molar-refractivity contribution is 7.90. The topological polar surface area (TPSA) is 84.8 Å². The van der Waals surface area contributed by atoms with Crippen molar-refractivity contribution in [2.24, 2.45) is 4.99 Å². The molecule has 0 saturated heterocycles. The highest BCUT2D eigenvalue weighted by Gasteiger charge is 2.30. The average molecular weight is 348 g/mol. The second-order valence-corrected chi connectivity index (χ2v) is 6.67. The average Bonchev–Trinajstić information content (AvgIpc) is 2.83. The number of benzene rings is 2. The molecule has 0 spiro atoms. The molecule has 2 aromatic carbocycles. The fraction of sp³-hybridized carbons (Fsp3) is 0.125. The highest BCUT2D eigenvalue weighted by atomic mass is 32.2. The number of esters is 1. The van der Waals surface area contributed by atoms with Gasteiger partial charge in [-0.15, -0.1) is 0 Å². The summed E-state index contributed by atoms with van der Waals surface area (Å²) in [5.74, 6) is -1.06. The maximum absolute atomic E-state index is 13.4. The minimum absolute atomic E-state index is 0.0911. The lowest BCUT2D eigenvalue weighted by molar-refractivity contribution is -0.143. The Morgan fingerprint density at radius 3 is 2.62 bits per heavy atom. The number of fused-ring (bicyclic) bond motifs is 1. The van der Waals surface area contributed by atoms with E-state index in [9.17, 15) is 17.6 Å². The van der Waals surface area contributed by atoms with Gasteiger partial charge in [0.1, 0.15) is 24.8 Å². The summed E-state index contributed by atoms with van der Waals surface area (Å²) in [6.07, 6.45) is 0. The summed E-state index contributed by atoms with van der Waals surface area (Å²) in [7, 11) is -3.65. The van der Waals surface area contributed by atoms with Crippen LogP contribution in [0.4, 0.5) is 4.39 Å². The van der Waals surface area contributed by atoms with Crippen LogP contribution in [0.2, 0.25) is 0 Å². The van der Waals surface area contributed by atoms with E-state index in [0.29, 0.717) is 5.56 Å². The first kappa shape index (κ1) is 16.1. The number of nitrogens with zero attached hydrogens (tertiary/aromatic N) is 1. The van der Waals surface area contributed by atoms with Crippen LogP contribution in [-0.4, -0.2) is 26.8 Å². The van der Waals surface area contributed by atoms with Crippen LogP contribution < -0.4 is 4.72 Å². The number of aliphatic imine (C=N–C) groups is 1. The SMILES string of the molecule is O=C(CN=C1NS(=O)(=O)c2ccccc21)OCc1ccccc1F. The van der Waals surface area contributed by atoms with Crippen molar-refractivity contribution in [2.75, 3.05) is 6.54 Å². The van der Waals surface area contributed by atoms with E-state index in [1.807, 2.05) is 0 Å². The third-order valence-electron chi connectivity index (χ3n) is 3.38. The Hall–Kier alpha value is -2.74. The number of hydrogen-bond acceptors (Lipinski definition) is 5. The maximum Gasteiger partial charge on any atom is 0.328 e. The molecule has 6 nitrogen and oxygen atoms in total. The van der Waals surface area contributed by atoms with Crippen molar-refractivity contribution in [3.8, 4) is 0 Å². The molecule has 3 rings (SSSR count). The molecule has 0 atom stereocenters. The molecular weight excluding hydrogens is 335 g/mol. The zero-order valence-electron chi connectivity index (χ0n) is 12.4. The molecule has 0 fully saturated rings. The number of carbonyl (C=O) groups excluding carboxylic acids is 1. The van der Waals surface area contributed by atoms with Crippen LogP contribution in [0.15, 0.2) is 58.4 Å². The van der Waals surface area contributed by atoms with Gasteiger partial charge < -0.3 is 4.74 Å². The van der Waals surface area contributed by atoms with Gasteiger partial charge in [-0.25, -0.2) is 12.8 Å². The van der Waals surface area contributed by atoms with Crippen molar-refractivity contribution < 1.29 is 22.3 Å². The molecule has 1 N–H and O–H groups in total. The van der Waals surface area contributed by atoms with E-state index < -0.39 is 21.8 Å². The summed E-state index contributed by atoms with van der Waals surface area (Å²) in [5.41, 5.74) is 0.657. The van der Waals surface area contributed by atoms with E-state index in [4.69, 9.17) is 4.74 Å². The molecule has 0 amide bonds. The number of carbonyl (C=O) groups is 1. The van der Waals surface area contributed by atoms with Gasteiger partial charge in [0.25, 0.3) is 10.0 Å². The molecule has 124 valence electrons. The van der Waals surface area contributed by atoms with Gasteiger partial charge in [-0.05, 0) is 18.2 Å². The van der Waals surface area contributed by atoms with Crippen LogP contribution in [0, 0.1) is 5.82 Å². The maximum atomic E-state index is 13.4. The lowest BCUT2D eigenvalue weighted by Gasteiger charge is -2.04. The van der Waals surface area contributed by atoms with E-state index in [1.54, 1.807) is 24.3 Å². The molecule has 0 saturated carbocycles. The number of rotatable bonds is 4. The van der Waals surface area contributed by atoms with E-state index in [0.717, 1.165) is 0 Å². The Labute approximate surface area is 138 Å². The zero-order valence-corrected chi connectivity index (χ0v) is 13.2. The second-order valence-electron chi connectivity index (χ2n) is 5.02. The molecule has 0 bridgehead atoms. The molecule has 1 heterocycles. The van der Waals surface area contributed by atoms with Crippen molar-refractivity contribution in [3.63, 3.8) is 0 Å². The molecular formula is C16H13FN2O4S. The molecule has 8 heteroatoms. The first-order valence-corrected chi connectivity index (χ1v) is 8.51. The fourth-order valence-electron chi connectivity index (χ4n) is 2.21. The summed E-state index contributed by atoms with van der Waals surface area (Å²) < 4.78 is 44.5. The summed E-state index contributed by atoms with van der Waals surface area (Å²) >= 11 is 0. The number of hydrogen-bond donors (Lipinski definition) is 1. The Morgan fingerprint density at radius 1 is 1.12 bits per heavy atom. The summed E-state index contributed by atoms with van der Waals surface area (Å²) in [5, 5.41) is 0. The lowest BCUT2D eigenvalue weighted by atomic mass is 10.2. The van der Waals surface area contributed by atoms with E-state index in [-0.39, 0.29) is 29.4 Å². The van der Waals surface area contributed by atoms with E-state index in [1.165, 1.54) is 24.3 Å². The zero-order chi connectivity index (χ0) is 17.2. The second kappa shape index (κ2) is 6.40. The van der Waals surface area contributed by atoms with Crippen LogP contribution in [0.3, 0.4) is 0 Å². The molecule has 1 aliphatic rings. The number of amidine groups is 1. The molecule has 24 heavy (non-hydrogen) atoms. The van der Waals surface area contributed by atoms with Gasteiger partial charge >= 0.3 is 5.97 Å². The van der Waals surface area contributed by atoms with Gasteiger partial charge in [0, 0.05) is 11.1 Å². The van der Waals surface area contributed by atoms with Gasteiger partial charge in [0.05, 0.1) is 4.90 Å². The summed E-state index contributed by atoms with van der Waals surface area (Å²) in [6, 6.07) is 12.3. The molecule has 2 aromatic rings. The van der Waals surface area contributed by atoms with Crippen molar-refractivity contribution in [2.45, 2.75) is 11.5 Å². The highest BCUT2D eigenvalue weighted by Crippen LogP contribution is 2.22. The van der Waals surface area contributed by atoms with Crippen molar-refractivity contribution >= 4 is 21.8 Å². The van der Waals surface area contributed by atoms with Gasteiger partial charge in [0.2, 0.25) is 0 Å². The Bertz CT molecular complexity index is 925. The number of sulfonamides is 1. The Kier molecular flexibility index (Phi) is 4.30. The first-order chi connectivity index (χ1) is 11.5. The first-order valence-electron chi connectivity index (χ1n) is 7.03. The van der Waals surface area contributed by atoms with Gasteiger partial charge in [-0.3, -0.25) is 14.5 Å². The number of nitrogens with one attached hydrogen (secondary N) is 1. The van der Waals surface area contributed by atoms with Crippen LogP contribution in [-0.2, 0) is 26.2 Å². The number of ether oxygens (including phenoxy) is 1. The van der Waals surface area contributed by atoms with Crippen LogP contribution in [0.25, 0.3) is 0 Å². The third kappa shape index (κ3) is 3.28. The van der Waals surface area contributed by atoms with Crippen LogP contribution >= 0.6 is 0 Å². The minimum atomic E-state index is -3.65. The Balaban J connectivity index is 1.66. The monoisotopic (exact) mass is 348 g/mol. The van der Waals surface area contributed by atoms with Crippen molar-refractivity contribution in [1.29, 1.82) is 0 Å². The third-order valence-corrected chi connectivity index (χ3v) is 4.77. The van der Waals surface area contributed by atoms with Gasteiger partial charge in [-0.2, -0.15) is 0 Å². The van der Waals surface area contributed by atoms with E-state index in [2.05, 4.69) is 9.71 Å². The fourth-order valence-corrected chi connectivity index (χ4v) is 3.47.